The van der Waals surface area contributed by atoms with E-state index in [2.05, 4.69) is 72.7 Å². The van der Waals surface area contributed by atoms with E-state index in [1.54, 1.807) is 23.3 Å². The fourth-order valence-corrected chi connectivity index (χ4v) is 6.69. The molecule has 0 amide bonds. The Morgan fingerprint density at radius 3 is 2.67 bits per heavy atom. The van der Waals surface area contributed by atoms with Gasteiger partial charge >= 0.3 is 0 Å². The smallest absolute Gasteiger partial charge is 0.194 e. The van der Waals surface area contributed by atoms with Crippen LogP contribution in [0.2, 0.25) is 0 Å². The number of fused-ring (bicyclic) bond motifs is 6. The Hall–Kier alpha value is -2.68. The highest BCUT2D eigenvalue weighted by Gasteiger charge is 2.19. The number of aromatic nitrogens is 2. The van der Waals surface area contributed by atoms with Crippen LogP contribution in [-0.2, 0) is 6.42 Å². The fourth-order valence-electron chi connectivity index (χ4n) is 4.33. The summed E-state index contributed by atoms with van der Waals surface area (Å²) in [6, 6.07) is 23.2. The molecule has 39 heavy (non-hydrogen) atoms. The number of anilines is 2. The van der Waals surface area contributed by atoms with Crippen LogP contribution in [0.5, 0.6) is 5.75 Å². The van der Waals surface area contributed by atoms with Crippen LogP contribution in [-0.4, -0.2) is 22.3 Å². The van der Waals surface area contributed by atoms with Crippen molar-refractivity contribution in [2.24, 2.45) is 5.41 Å². The molecular formula is C31H36N4OS3. The third-order valence-electron chi connectivity index (χ3n) is 6.45. The monoisotopic (exact) mass is 576 g/mol. The molecule has 0 spiro atoms. The molecule has 0 unspecified atom stereocenters. The zero-order valence-corrected chi connectivity index (χ0v) is 25.3. The molecule has 1 aliphatic heterocycles. The molecule has 4 bridgehead atoms. The number of aryl methyl sites for hydroxylation is 1. The van der Waals surface area contributed by atoms with Gasteiger partial charge in [-0.15, -0.1) is 0 Å². The van der Waals surface area contributed by atoms with Gasteiger partial charge in [0.05, 0.1) is 17.2 Å². The van der Waals surface area contributed by atoms with E-state index >= 15 is 0 Å². The molecule has 0 saturated heterocycles. The summed E-state index contributed by atoms with van der Waals surface area (Å²) in [6.45, 7) is 7.43. The maximum atomic E-state index is 6.17. The molecule has 5 nitrogen and oxygen atoms in total. The molecule has 204 valence electrons. The average Bonchev–Trinajstić information content (AvgIpc) is 3.35. The quantitative estimate of drug-likeness (QED) is 0.235. The highest BCUT2D eigenvalue weighted by molar-refractivity contribution is 8.01. The molecule has 3 heterocycles. The Bertz CT molecular complexity index is 1380. The summed E-state index contributed by atoms with van der Waals surface area (Å²) in [7, 11) is 0. The third kappa shape index (κ3) is 7.93. The molecule has 4 aromatic rings. The van der Waals surface area contributed by atoms with Gasteiger partial charge in [0.1, 0.15) is 16.6 Å². The van der Waals surface area contributed by atoms with E-state index in [0.717, 1.165) is 62.9 Å². The van der Waals surface area contributed by atoms with Crippen molar-refractivity contribution in [2.75, 3.05) is 21.8 Å². The fraction of sp³-hybridized carbons (Fsp3) is 0.355. The molecule has 0 saturated carbocycles. The Morgan fingerprint density at radius 1 is 0.897 bits per heavy atom. The van der Waals surface area contributed by atoms with Crippen LogP contribution < -0.4 is 14.2 Å². The molecular weight excluding hydrogens is 541 g/mol. The van der Waals surface area contributed by atoms with Crippen molar-refractivity contribution < 1.29 is 4.74 Å². The summed E-state index contributed by atoms with van der Waals surface area (Å²) in [6.07, 6.45) is 5.57. The zero-order chi connectivity index (χ0) is 27.1. The van der Waals surface area contributed by atoms with Crippen LogP contribution >= 0.6 is 35.2 Å². The van der Waals surface area contributed by atoms with E-state index < -0.39 is 0 Å². The normalized spacial score (nSPS) is 14.4. The van der Waals surface area contributed by atoms with Gasteiger partial charge in [-0.3, -0.25) is 0 Å². The largest absolute Gasteiger partial charge is 0.494 e. The van der Waals surface area contributed by atoms with Crippen LogP contribution in [0, 0.1) is 5.41 Å². The van der Waals surface area contributed by atoms with Gasteiger partial charge in [0.2, 0.25) is 0 Å². The lowest BCUT2D eigenvalue weighted by Gasteiger charge is -2.18. The predicted octanol–water partition coefficient (Wildman–Crippen LogP) is 9.59. The van der Waals surface area contributed by atoms with Crippen molar-refractivity contribution in [3.63, 3.8) is 0 Å². The minimum Gasteiger partial charge on any atom is -0.494 e. The lowest BCUT2D eigenvalue weighted by Crippen LogP contribution is -2.11. The van der Waals surface area contributed by atoms with Crippen molar-refractivity contribution in [2.45, 2.75) is 57.9 Å². The molecule has 8 heteroatoms. The molecule has 0 radical (unpaired) electrons. The Morgan fingerprint density at radius 2 is 1.77 bits per heavy atom. The minimum atomic E-state index is 0.242. The van der Waals surface area contributed by atoms with Gasteiger partial charge in [-0.2, -0.15) is 0 Å². The van der Waals surface area contributed by atoms with Gasteiger partial charge in [0.25, 0.3) is 0 Å². The summed E-state index contributed by atoms with van der Waals surface area (Å²) in [5, 5.41) is 1.76. The van der Waals surface area contributed by atoms with E-state index in [1.807, 2.05) is 24.3 Å². The van der Waals surface area contributed by atoms with Crippen molar-refractivity contribution in [1.82, 2.24) is 9.97 Å². The lowest BCUT2D eigenvalue weighted by atomic mass is 9.93. The molecule has 2 N–H and O–H groups in total. The van der Waals surface area contributed by atoms with Gasteiger partial charge in [-0.25, -0.2) is 9.97 Å². The van der Waals surface area contributed by atoms with Crippen molar-refractivity contribution in [1.29, 1.82) is 0 Å². The molecule has 2 aromatic heterocycles. The molecule has 0 aliphatic carbocycles. The van der Waals surface area contributed by atoms with Crippen LogP contribution in [0.1, 0.15) is 52.0 Å². The summed E-state index contributed by atoms with van der Waals surface area (Å²) in [5.41, 5.74) is 4.95. The maximum absolute atomic E-state index is 6.17. The standard InChI is InChI=1S/C31H36N4OS3/c1-31(2,3)18-19-36-24-14-9-13-23(21-24)29-28-25-15-7-6-12-22(25)11-5-4-8-20-37-34-26-16-10-17-27(32-26)39-35-30(33-28)38-29/h6-7,9-10,12-17,21H,4-5,8,11,18-20H2,1-3H3,(H,32,34)(H,33,35). The van der Waals surface area contributed by atoms with Gasteiger partial charge < -0.3 is 14.2 Å². The first-order chi connectivity index (χ1) is 18.9. The second kappa shape index (κ2) is 13.1. The highest BCUT2D eigenvalue weighted by Crippen LogP contribution is 2.42. The number of benzene rings is 2. The van der Waals surface area contributed by atoms with Crippen molar-refractivity contribution >= 4 is 46.2 Å². The maximum Gasteiger partial charge on any atom is 0.194 e. The van der Waals surface area contributed by atoms with E-state index in [0.29, 0.717) is 6.61 Å². The Kier molecular flexibility index (Phi) is 9.37. The SMILES string of the molecule is CC(C)(C)CCOc1cccc(-c2sc3nc2-c2ccccc2CCCCCSNc2cccc(n2)SN3)c1. The number of ether oxygens (including phenoxy) is 1. The second-order valence-electron chi connectivity index (χ2n) is 10.9. The average molecular weight is 577 g/mol. The molecule has 0 fully saturated rings. The van der Waals surface area contributed by atoms with Gasteiger partial charge in [0, 0.05) is 23.3 Å². The minimum absolute atomic E-state index is 0.242. The third-order valence-corrected chi connectivity index (χ3v) is 9.18. The van der Waals surface area contributed by atoms with Crippen LogP contribution in [0.3, 0.4) is 0 Å². The lowest BCUT2D eigenvalue weighted by molar-refractivity contribution is 0.243. The van der Waals surface area contributed by atoms with Crippen molar-refractivity contribution in [3.8, 4) is 27.4 Å². The Balaban J connectivity index is 1.49. The first-order valence-electron chi connectivity index (χ1n) is 13.5. The summed E-state index contributed by atoms with van der Waals surface area (Å²) >= 11 is 4.90. The first-order valence-corrected chi connectivity index (χ1v) is 16.2. The second-order valence-corrected chi connectivity index (χ2v) is 13.6. The number of hydrogen-bond donors (Lipinski definition) is 2. The Labute approximate surface area is 244 Å². The number of rotatable bonds is 4. The summed E-state index contributed by atoms with van der Waals surface area (Å²) in [5.74, 6) is 2.84. The van der Waals surface area contributed by atoms with E-state index in [-0.39, 0.29) is 5.41 Å². The number of nitrogens with zero attached hydrogens (tertiary/aromatic N) is 2. The van der Waals surface area contributed by atoms with Gasteiger partial charge in [0.15, 0.2) is 5.13 Å². The van der Waals surface area contributed by atoms with E-state index in [9.17, 15) is 0 Å². The highest BCUT2D eigenvalue weighted by atomic mass is 32.2. The van der Waals surface area contributed by atoms with E-state index in [4.69, 9.17) is 14.7 Å². The zero-order valence-electron chi connectivity index (χ0n) is 22.8. The predicted molar refractivity (Wildman–Crippen MR) is 170 cm³/mol. The summed E-state index contributed by atoms with van der Waals surface area (Å²) in [4.78, 5) is 11.0. The molecule has 2 aromatic carbocycles. The van der Waals surface area contributed by atoms with Gasteiger partial charge in [-0.1, -0.05) is 92.9 Å². The van der Waals surface area contributed by atoms with Gasteiger partial charge in [-0.05, 0) is 66.5 Å². The first kappa shape index (κ1) is 27.9. The number of nitrogens with one attached hydrogen (secondary N) is 2. The van der Waals surface area contributed by atoms with Crippen molar-refractivity contribution in [3.05, 3.63) is 72.3 Å². The number of pyridine rings is 1. The van der Waals surface area contributed by atoms with E-state index in [1.165, 1.54) is 35.9 Å². The molecule has 5 rings (SSSR count). The summed E-state index contributed by atoms with van der Waals surface area (Å²) < 4.78 is 13.0. The number of thiazole rings is 1. The van der Waals surface area contributed by atoms with Crippen LogP contribution in [0.15, 0.2) is 71.8 Å². The van der Waals surface area contributed by atoms with Crippen LogP contribution in [0.4, 0.5) is 10.9 Å². The van der Waals surface area contributed by atoms with Crippen LogP contribution in [0.25, 0.3) is 21.7 Å². The topological polar surface area (TPSA) is 59.1 Å². The molecule has 0 atom stereocenters. The number of hydrogen-bond acceptors (Lipinski definition) is 8. The molecule has 1 aliphatic rings.